The van der Waals surface area contributed by atoms with Crippen molar-refractivity contribution in [2.75, 3.05) is 0 Å². The highest BCUT2D eigenvalue weighted by molar-refractivity contribution is 6.01. The third-order valence-electron chi connectivity index (χ3n) is 4.17. The molecule has 2 heteroatoms. The first-order valence-electron chi connectivity index (χ1n) is 10.6. The Bertz CT molecular complexity index is 740. The van der Waals surface area contributed by atoms with E-state index in [-0.39, 0.29) is 11.9 Å². The molecule has 0 amide bonds. The zero-order valence-electron chi connectivity index (χ0n) is 19.1. The number of Topliss-reactive ketones (excluding diaryl/α,β-unsaturated/α-hetero) is 1. The largest absolute Gasteiger partial charge is 0.490 e. The molecule has 0 unspecified atom stereocenters. The molecule has 0 spiro atoms. The van der Waals surface area contributed by atoms with Gasteiger partial charge in [0.05, 0.1) is 6.10 Å². The number of hydrogen-bond acceptors (Lipinski definition) is 2. The van der Waals surface area contributed by atoms with Gasteiger partial charge in [-0.15, -0.1) is 0 Å². The van der Waals surface area contributed by atoms with Crippen LogP contribution in [-0.4, -0.2) is 11.9 Å². The summed E-state index contributed by atoms with van der Waals surface area (Å²) in [4.78, 5) is 12.6. The second kappa shape index (κ2) is 11.7. The highest BCUT2D eigenvalue weighted by atomic mass is 16.5. The van der Waals surface area contributed by atoms with Crippen LogP contribution in [0.4, 0.5) is 0 Å². The van der Waals surface area contributed by atoms with Gasteiger partial charge in [0.1, 0.15) is 5.75 Å². The van der Waals surface area contributed by atoms with Crippen LogP contribution in [0.2, 0.25) is 0 Å². The molecule has 0 N–H and O–H groups in total. The summed E-state index contributed by atoms with van der Waals surface area (Å²) in [5, 5.41) is 0. The van der Waals surface area contributed by atoms with Gasteiger partial charge < -0.3 is 4.74 Å². The fourth-order valence-corrected chi connectivity index (χ4v) is 3.20. The summed E-state index contributed by atoms with van der Waals surface area (Å²) in [5.74, 6) is 1.93. The van der Waals surface area contributed by atoms with Crippen LogP contribution in [0, 0.1) is 12.8 Å². The van der Waals surface area contributed by atoms with Gasteiger partial charge in [-0.25, -0.2) is 0 Å². The molecule has 0 fully saturated rings. The van der Waals surface area contributed by atoms with Crippen molar-refractivity contribution in [2.24, 2.45) is 5.92 Å². The number of carbonyl (C=O) groups is 1. The topological polar surface area (TPSA) is 26.3 Å². The van der Waals surface area contributed by atoms with Gasteiger partial charge in [0, 0.05) is 17.5 Å². The Kier molecular flexibility index (Phi) is 9.99. The quantitative estimate of drug-likeness (QED) is 0.459. The molecule has 0 aliphatic carbocycles. The third kappa shape index (κ3) is 6.82. The molecule has 0 heterocycles. The van der Waals surface area contributed by atoms with E-state index >= 15 is 0 Å². The second-order valence-electron chi connectivity index (χ2n) is 8.20. The van der Waals surface area contributed by atoms with Crippen molar-refractivity contribution in [3.63, 3.8) is 0 Å². The molecule has 2 rings (SSSR count). The third-order valence-corrected chi connectivity index (χ3v) is 4.17. The maximum Gasteiger partial charge on any atom is 0.163 e. The lowest BCUT2D eigenvalue weighted by atomic mass is 9.87. The predicted molar refractivity (Wildman–Crippen MR) is 122 cm³/mol. The van der Waals surface area contributed by atoms with Gasteiger partial charge in [-0.05, 0) is 55.9 Å². The summed E-state index contributed by atoms with van der Waals surface area (Å²) in [6, 6.07) is 12.3. The van der Waals surface area contributed by atoms with E-state index in [2.05, 4.69) is 52.8 Å². The summed E-state index contributed by atoms with van der Waals surface area (Å²) < 4.78 is 6.12. The maximum atomic E-state index is 12.6. The molecule has 154 valence electrons. The van der Waals surface area contributed by atoms with Crippen LogP contribution in [0.1, 0.15) is 82.8 Å². The lowest BCUT2D eigenvalue weighted by molar-refractivity contribution is 0.0986. The van der Waals surface area contributed by atoms with E-state index < -0.39 is 0 Å². The molecule has 0 bridgehead atoms. The molecule has 2 nitrogen and oxygen atoms in total. The van der Waals surface area contributed by atoms with Gasteiger partial charge in [-0.1, -0.05) is 71.4 Å². The minimum atomic E-state index is 0.0917. The number of rotatable bonds is 7. The molecule has 0 saturated heterocycles. The molecule has 28 heavy (non-hydrogen) atoms. The maximum absolute atomic E-state index is 12.6. The predicted octanol–water partition coefficient (Wildman–Crippen LogP) is 7.66. The summed E-state index contributed by atoms with van der Waals surface area (Å²) in [5.41, 5.74) is 5.17. The zero-order valence-corrected chi connectivity index (χ0v) is 19.1. The lowest BCUT2D eigenvalue weighted by Gasteiger charge is -2.21. The van der Waals surface area contributed by atoms with Crippen molar-refractivity contribution in [3.8, 4) is 16.9 Å². The van der Waals surface area contributed by atoms with Crippen LogP contribution in [0.15, 0.2) is 36.4 Å². The van der Waals surface area contributed by atoms with Crippen molar-refractivity contribution in [2.45, 2.75) is 80.8 Å². The second-order valence-corrected chi connectivity index (χ2v) is 8.20. The number of ether oxygens (including phenoxy) is 1. The fourth-order valence-electron chi connectivity index (χ4n) is 3.20. The Morgan fingerprint density at radius 2 is 1.57 bits per heavy atom. The van der Waals surface area contributed by atoms with Crippen LogP contribution >= 0.6 is 0 Å². The van der Waals surface area contributed by atoms with E-state index in [1.807, 2.05) is 39.0 Å². The normalized spacial score (nSPS) is 10.6. The van der Waals surface area contributed by atoms with E-state index in [0.29, 0.717) is 6.42 Å². The van der Waals surface area contributed by atoms with E-state index in [1.54, 1.807) is 0 Å². The van der Waals surface area contributed by atoms with E-state index in [0.717, 1.165) is 52.3 Å². The molecule has 0 aliphatic heterocycles. The Balaban J connectivity index is 0.000000892. The summed E-state index contributed by atoms with van der Waals surface area (Å²) >= 11 is 0. The summed E-state index contributed by atoms with van der Waals surface area (Å²) in [6.45, 7) is 16.7. The van der Waals surface area contributed by atoms with Crippen LogP contribution in [0.25, 0.3) is 11.1 Å². The zero-order chi connectivity index (χ0) is 21.3. The van der Waals surface area contributed by atoms with Crippen LogP contribution < -0.4 is 4.74 Å². The molecule has 2 aromatic rings. The standard InChI is InChI=1S/C22H28O2.C4H10/c1-6-11-18-14-20(24-15(3)4)22(17-12-9-8-10-13-17)16(5)21(18)19(23)7-2;1-4(2)3/h8-10,12-15H,6-7,11H2,1-5H3;4H,1-3H3. The highest BCUT2D eigenvalue weighted by Crippen LogP contribution is 2.38. The molecule has 0 saturated carbocycles. The first kappa shape index (κ1) is 23.9. The number of hydrogen-bond donors (Lipinski definition) is 0. The first-order chi connectivity index (χ1) is 13.2. The molecular weight excluding hydrogens is 344 g/mol. The van der Waals surface area contributed by atoms with Gasteiger partial charge in [0.15, 0.2) is 5.78 Å². The minimum absolute atomic E-state index is 0.0917. The van der Waals surface area contributed by atoms with E-state index in [1.165, 1.54) is 0 Å². The average Bonchev–Trinajstić information content (AvgIpc) is 2.61. The summed E-state index contributed by atoms with van der Waals surface area (Å²) in [6.07, 6.45) is 2.52. The average molecular weight is 383 g/mol. The molecule has 2 aromatic carbocycles. The van der Waals surface area contributed by atoms with Crippen LogP contribution in [-0.2, 0) is 6.42 Å². The Morgan fingerprint density at radius 3 is 2.04 bits per heavy atom. The van der Waals surface area contributed by atoms with Crippen molar-refractivity contribution < 1.29 is 9.53 Å². The molecule has 0 radical (unpaired) electrons. The van der Waals surface area contributed by atoms with Crippen LogP contribution in [0.5, 0.6) is 5.75 Å². The lowest BCUT2D eigenvalue weighted by Crippen LogP contribution is -2.12. The molecule has 0 aliphatic rings. The number of benzene rings is 2. The van der Waals surface area contributed by atoms with E-state index in [9.17, 15) is 4.79 Å². The Hall–Kier alpha value is -2.09. The highest BCUT2D eigenvalue weighted by Gasteiger charge is 2.21. The van der Waals surface area contributed by atoms with Crippen molar-refractivity contribution in [3.05, 3.63) is 53.1 Å². The minimum Gasteiger partial charge on any atom is -0.490 e. The smallest absolute Gasteiger partial charge is 0.163 e. The summed E-state index contributed by atoms with van der Waals surface area (Å²) in [7, 11) is 0. The number of carbonyl (C=O) groups excluding carboxylic acids is 1. The number of ketones is 1. The Morgan fingerprint density at radius 1 is 1.00 bits per heavy atom. The van der Waals surface area contributed by atoms with Gasteiger partial charge in [0.2, 0.25) is 0 Å². The van der Waals surface area contributed by atoms with E-state index in [4.69, 9.17) is 4.74 Å². The number of aryl methyl sites for hydroxylation is 1. The van der Waals surface area contributed by atoms with Crippen LogP contribution in [0.3, 0.4) is 0 Å². The van der Waals surface area contributed by atoms with Gasteiger partial charge >= 0.3 is 0 Å². The monoisotopic (exact) mass is 382 g/mol. The molecule has 0 atom stereocenters. The first-order valence-corrected chi connectivity index (χ1v) is 10.6. The van der Waals surface area contributed by atoms with Gasteiger partial charge in [0.25, 0.3) is 0 Å². The fraction of sp³-hybridized carbons (Fsp3) is 0.500. The van der Waals surface area contributed by atoms with Crippen molar-refractivity contribution >= 4 is 5.78 Å². The Labute approximate surface area is 172 Å². The molecule has 0 aromatic heterocycles. The van der Waals surface area contributed by atoms with Gasteiger partial charge in [-0.2, -0.15) is 0 Å². The SMILES string of the molecule is CC(C)C.CCCc1cc(OC(C)C)c(-c2ccccc2)c(C)c1C(=O)CC. The van der Waals surface area contributed by atoms with Crippen molar-refractivity contribution in [1.29, 1.82) is 0 Å². The van der Waals surface area contributed by atoms with Gasteiger partial charge in [-0.3, -0.25) is 4.79 Å². The van der Waals surface area contributed by atoms with Crippen molar-refractivity contribution in [1.82, 2.24) is 0 Å². The molecular formula is C26H38O2.